The normalized spacial score (nSPS) is 26.7. The molecule has 0 spiro atoms. The third kappa shape index (κ3) is 1.42. The lowest BCUT2D eigenvalue weighted by Gasteiger charge is -2.28. The number of hydrogen-bond acceptors (Lipinski definition) is 2. The van der Waals surface area contributed by atoms with E-state index in [9.17, 15) is 4.39 Å². The fraction of sp³-hybridized carbons (Fsp3) is 0.545. The van der Waals surface area contributed by atoms with Crippen molar-refractivity contribution < 1.29 is 4.39 Å². The number of hydrogen-bond donors (Lipinski definition) is 1. The molecule has 1 fully saturated rings. The van der Waals surface area contributed by atoms with Crippen molar-refractivity contribution >= 4 is 0 Å². The zero-order chi connectivity index (χ0) is 10.0. The third-order valence-corrected chi connectivity index (χ3v) is 3.14. The highest BCUT2D eigenvalue weighted by atomic mass is 19.1. The molecule has 1 saturated heterocycles. The first kappa shape index (κ1) is 9.59. The number of halogens is 1. The minimum Gasteiger partial charge on any atom is -0.307 e. The lowest BCUT2D eigenvalue weighted by atomic mass is 9.86. The monoisotopic (exact) mass is 194 g/mol. The molecule has 2 nitrogen and oxygen atoms in total. The largest absolute Gasteiger partial charge is 0.307 e. The molecule has 2 heterocycles. The fourth-order valence-corrected chi connectivity index (χ4v) is 2.29. The zero-order valence-corrected chi connectivity index (χ0v) is 8.39. The fourth-order valence-electron chi connectivity index (χ4n) is 2.29. The zero-order valence-electron chi connectivity index (χ0n) is 8.39. The second kappa shape index (κ2) is 3.65. The molecule has 1 atom stereocenters. The van der Waals surface area contributed by atoms with Crippen LogP contribution in [0.25, 0.3) is 0 Å². The van der Waals surface area contributed by atoms with Gasteiger partial charge in [0.25, 0.3) is 0 Å². The van der Waals surface area contributed by atoms with Gasteiger partial charge in [0.05, 0.1) is 6.20 Å². The van der Waals surface area contributed by atoms with Crippen molar-refractivity contribution in [1.82, 2.24) is 10.3 Å². The van der Waals surface area contributed by atoms with Crippen LogP contribution in [0.1, 0.15) is 31.7 Å². The minimum absolute atomic E-state index is 0.146. The van der Waals surface area contributed by atoms with Gasteiger partial charge < -0.3 is 5.32 Å². The van der Waals surface area contributed by atoms with E-state index in [0.717, 1.165) is 31.4 Å². The van der Waals surface area contributed by atoms with Gasteiger partial charge in [-0.05, 0) is 31.9 Å². The maximum Gasteiger partial charge on any atom is 0.146 e. The average Bonchev–Trinajstić information content (AvgIpc) is 2.68. The van der Waals surface area contributed by atoms with E-state index < -0.39 is 0 Å². The van der Waals surface area contributed by atoms with E-state index in [4.69, 9.17) is 0 Å². The summed E-state index contributed by atoms with van der Waals surface area (Å²) in [7, 11) is 0. The summed E-state index contributed by atoms with van der Waals surface area (Å²) in [5.74, 6) is -0.191. The molecule has 14 heavy (non-hydrogen) atoms. The Morgan fingerprint density at radius 2 is 2.50 bits per heavy atom. The number of nitrogens with zero attached hydrogens (tertiary/aromatic N) is 1. The van der Waals surface area contributed by atoms with E-state index in [1.165, 1.54) is 6.20 Å². The summed E-state index contributed by atoms with van der Waals surface area (Å²) in [6.45, 7) is 3.08. The van der Waals surface area contributed by atoms with Crippen LogP contribution in [0.15, 0.2) is 18.5 Å². The highest BCUT2D eigenvalue weighted by molar-refractivity contribution is 5.24. The van der Waals surface area contributed by atoms with Crippen LogP contribution in [-0.2, 0) is 5.54 Å². The molecule has 1 N–H and O–H groups in total. The lowest BCUT2D eigenvalue weighted by Crippen LogP contribution is -2.36. The molecule has 3 heteroatoms. The van der Waals surface area contributed by atoms with Gasteiger partial charge in [-0.1, -0.05) is 6.92 Å². The molecule has 0 aliphatic carbocycles. The molecule has 1 aromatic rings. The van der Waals surface area contributed by atoms with Gasteiger partial charge in [-0.3, -0.25) is 4.98 Å². The molecular weight excluding hydrogens is 179 g/mol. The Morgan fingerprint density at radius 3 is 3.07 bits per heavy atom. The van der Waals surface area contributed by atoms with E-state index in [0.29, 0.717) is 0 Å². The summed E-state index contributed by atoms with van der Waals surface area (Å²) < 4.78 is 13.6. The molecule has 0 saturated carbocycles. The summed E-state index contributed by atoms with van der Waals surface area (Å²) in [6.07, 6.45) is 6.02. The maximum absolute atomic E-state index is 13.6. The second-order valence-electron chi connectivity index (χ2n) is 3.82. The average molecular weight is 194 g/mol. The first-order chi connectivity index (χ1) is 6.78. The van der Waals surface area contributed by atoms with Crippen molar-refractivity contribution in [2.24, 2.45) is 0 Å². The molecule has 0 bridgehead atoms. The van der Waals surface area contributed by atoms with Crippen molar-refractivity contribution in [3.8, 4) is 0 Å². The first-order valence-corrected chi connectivity index (χ1v) is 5.13. The van der Waals surface area contributed by atoms with Gasteiger partial charge in [-0.2, -0.15) is 0 Å². The summed E-state index contributed by atoms with van der Waals surface area (Å²) in [5.41, 5.74) is 0.625. The molecule has 76 valence electrons. The van der Waals surface area contributed by atoms with Crippen molar-refractivity contribution in [2.45, 2.75) is 31.7 Å². The highest BCUT2D eigenvalue weighted by Crippen LogP contribution is 2.34. The van der Waals surface area contributed by atoms with Gasteiger partial charge >= 0.3 is 0 Å². The molecule has 1 aliphatic rings. The predicted molar refractivity (Wildman–Crippen MR) is 53.4 cm³/mol. The predicted octanol–water partition coefficient (Wildman–Crippen LogP) is 2.21. The summed E-state index contributed by atoms with van der Waals surface area (Å²) >= 11 is 0. The lowest BCUT2D eigenvalue weighted by molar-refractivity contribution is 0.358. The van der Waals surface area contributed by atoms with Gasteiger partial charge in [0.1, 0.15) is 5.82 Å². The van der Waals surface area contributed by atoms with E-state index >= 15 is 0 Å². The molecule has 0 amide bonds. The number of pyridine rings is 1. The van der Waals surface area contributed by atoms with Crippen LogP contribution < -0.4 is 5.32 Å². The second-order valence-corrected chi connectivity index (χ2v) is 3.82. The highest BCUT2D eigenvalue weighted by Gasteiger charge is 2.35. The SMILES string of the molecule is CCC1(c2ccncc2F)CCCN1. The summed E-state index contributed by atoms with van der Waals surface area (Å²) in [4.78, 5) is 3.78. The van der Waals surface area contributed by atoms with Crippen molar-refractivity contribution in [2.75, 3.05) is 6.54 Å². The molecule has 1 aromatic heterocycles. The van der Waals surface area contributed by atoms with E-state index in [2.05, 4.69) is 17.2 Å². The van der Waals surface area contributed by atoms with Crippen LogP contribution in [0.5, 0.6) is 0 Å². The summed E-state index contributed by atoms with van der Waals surface area (Å²) in [6, 6.07) is 1.79. The molecular formula is C11H15FN2. The third-order valence-electron chi connectivity index (χ3n) is 3.14. The molecule has 0 aromatic carbocycles. The van der Waals surface area contributed by atoms with Crippen molar-refractivity contribution in [3.63, 3.8) is 0 Å². The van der Waals surface area contributed by atoms with Crippen LogP contribution in [0.4, 0.5) is 4.39 Å². The Hall–Kier alpha value is -0.960. The van der Waals surface area contributed by atoms with Crippen LogP contribution >= 0.6 is 0 Å². The molecule has 2 rings (SSSR count). The van der Waals surface area contributed by atoms with E-state index in [1.807, 2.05) is 0 Å². The standard InChI is InChI=1S/C11H15FN2/c1-2-11(5-3-6-14-11)9-4-7-13-8-10(9)12/h4,7-8,14H,2-3,5-6H2,1H3. The maximum atomic E-state index is 13.6. The molecule has 0 radical (unpaired) electrons. The van der Waals surface area contributed by atoms with Gasteiger partial charge in [-0.15, -0.1) is 0 Å². The van der Waals surface area contributed by atoms with Crippen LogP contribution in [0, 0.1) is 5.82 Å². The van der Waals surface area contributed by atoms with Crippen LogP contribution in [-0.4, -0.2) is 11.5 Å². The number of aromatic nitrogens is 1. The van der Waals surface area contributed by atoms with Crippen molar-refractivity contribution in [3.05, 3.63) is 29.8 Å². The minimum atomic E-state index is -0.191. The van der Waals surface area contributed by atoms with E-state index in [-0.39, 0.29) is 11.4 Å². The number of nitrogens with one attached hydrogen (secondary N) is 1. The van der Waals surface area contributed by atoms with Gasteiger partial charge in [0, 0.05) is 17.3 Å². The number of rotatable bonds is 2. The summed E-state index contributed by atoms with van der Waals surface area (Å²) in [5, 5.41) is 3.41. The smallest absolute Gasteiger partial charge is 0.146 e. The Labute approximate surface area is 83.6 Å². The van der Waals surface area contributed by atoms with Gasteiger partial charge in [0.15, 0.2) is 0 Å². The Morgan fingerprint density at radius 1 is 1.64 bits per heavy atom. The first-order valence-electron chi connectivity index (χ1n) is 5.13. The Kier molecular flexibility index (Phi) is 2.50. The van der Waals surface area contributed by atoms with Crippen LogP contribution in [0.3, 0.4) is 0 Å². The van der Waals surface area contributed by atoms with Gasteiger partial charge in [0.2, 0.25) is 0 Å². The van der Waals surface area contributed by atoms with Crippen molar-refractivity contribution in [1.29, 1.82) is 0 Å². The molecule has 1 aliphatic heterocycles. The molecule has 1 unspecified atom stereocenters. The Bertz CT molecular complexity index is 319. The van der Waals surface area contributed by atoms with Gasteiger partial charge in [-0.25, -0.2) is 4.39 Å². The quantitative estimate of drug-likeness (QED) is 0.780. The van der Waals surface area contributed by atoms with Crippen LogP contribution in [0.2, 0.25) is 0 Å². The topological polar surface area (TPSA) is 24.9 Å². The Balaban J connectivity index is 2.41. The van der Waals surface area contributed by atoms with E-state index in [1.54, 1.807) is 12.3 Å².